The van der Waals surface area contributed by atoms with E-state index < -0.39 is 0 Å². The van der Waals surface area contributed by atoms with Crippen molar-refractivity contribution in [3.63, 3.8) is 0 Å². The summed E-state index contributed by atoms with van der Waals surface area (Å²) in [5.74, 6) is 1.35. The second-order valence-electron chi connectivity index (χ2n) is 9.01. The number of nitrogens with one attached hydrogen (secondary N) is 2. The van der Waals surface area contributed by atoms with Crippen molar-refractivity contribution < 1.29 is 9.53 Å². The summed E-state index contributed by atoms with van der Waals surface area (Å²) in [7, 11) is 3.95. The van der Waals surface area contributed by atoms with E-state index in [0.29, 0.717) is 18.1 Å². The van der Waals surface area contributed by atoms with Gasteiger partial charge in [0.2, 0.25) is 5.95 Å². The van der Waals surface area contributed by atoms with E-state index in [0.717, 1.165) is 60.8 Å². The lowest BCUT2D eigenvalue weighted by Gasteiger charge is -2.11. The number of fused-ring (bicyclic) bond motifs is 2. The minimum Gasteiger partial charge on any atom is -0.493 e. The van der Waals surface area contributed by atoms with E-state index in [1.54, 1.807) is 6.07 Å². The van der Waals surface area contributed by atoms with Crippen LogP contribution in [-0.4, -0.2) is 59.2 Å². The molecule has 0 spiro atoms. The van der Waals surface area contributed by atoms with Gasteiger partial charge in [0.1, 0.15) is 5.75 Å². The van der Waals surface area contributed by atoms with Crippen LogP contribution in [0.1, 0.15) is 28.8 Å². The van der Waals surface area contributed by atoms with Crippen LogP contribution in [0.25, 0.3) is 16.9 Å². The number of amides is 1. The van der Waals surface area contributed by atoms with Gasteiger partial charge in [0.15, 0.2) is 5.65 Å². The molecular weight excluding hydrogens is 440 g/mol. The van der Waals surface area contributed by atoms with Crippen molar-refractivity contribution in [1.82, 2.24) is 24.8 Å². The van der Waals surface area contributed by atoms with E-state index in [4.69, 9.17) is 9.84 Å². The van der Waals surface area contributed by atoms with E-state index in [1.165, 1.54) is 5.56 Å². The molecule has 0 fully saturated rings. The van der Waals surface area contributed by atoms with E-state index in [-0.39, 0.29) is 5.91 Å². The summed E-state index contributed by atoms with van der Waals surface area (Å²) in [4.78, 5) is 19.2. The first-order valence-electron chi connectivity index (χ1n) is 12.0. The summed E-state index contributed by atoms with van der Waals surface area (Å²) in [5, 5.41) is 10.9. The molecule has 0 saturated carbocycles. The molecule has 35 heavy (non-hydrogen) atoms. The molecule has 5 rings (SSSR count). The molecule has 0 radical (unpaired) electrons. The van der Waals surface area contributed by atoms with Crippen LogP contribution in [0.15, 0.2) is 60.7 Å². The number of anilines is 2. The lowest BCUT2D eigenvalue weighted by molar-refractivity contribution is 0.0951. The molecule has 2 N–H and O–H groups in total. The van der Waals surface area contributed by atoms with E-state index in [2.05, 4.69) is 33.8 Å². The summed E-state index contributed by atoms with van der Waals surface area (Å²) in [6, 6.07) is 19.7. The molecule has 0 saturated heterocycles. The zero-order valence-corrected chi connectivity index (χ0v) is 20.1. The lowest BCUT2D eigenvalue weighted by Crippen LogP contribution is -2.31. The monoisotopic (exact) mass is 470 g/mol. The van der Waals surface area contributed by atoms with Gasteiger partial charge in [0.25, 0.3) is 5.91 Å². The smallest absolute Gasteiger partial charge is 0.251 e. The standard InChI is InChI=1S/C27H30N6O2/c1-32(2)15-14-28-26(34)21-8-5-9-22(18-21)29-27-30-25-11-6-10-23(33(25)31-27)19-12-13-24-20(17-19)7-3-4-16-35-24/h5-6,8-13,17-18H,3-4,7,14-16H2,1-2H3,(H,28,34)(H,29,31). The number of hydrogen-bond acceptors (Lipinski definition) is 6. The van der Waals surface area contributed by atoms with Gasteiger partial charge in [-0.2, -0.15) is 4.98 Å². The molecule has 0 atom stereocenters. The molecule has 3 heterocycles. The first-order valence-corrected chi connectivity index (χ1v) is 12.0. The zero-order chi connectivity index (χ0) is 24.2. The van der Waals surface area contributed by atoms with Crippen molar-refractivity contribution in [2.75, 3.05) is 39.1 Å². The van der Waals surface area contributed by atoms with Crippen LogP contribution in [0.2, 0.25) is 0 Å². The number of hydrogen-bond donors (Lipinski definition) is 2. The highest BCUT2D eigenvalue weighted by Gasteiger charge is 2.14. The van der Waals surface area contributed by atoms with Crippen LogP contribution in [0.5, 0.6) is 5.75 Å². The Morgan fingerprint density at radius 1 is 1.09 bits per heavy atom. The summed E-state index contributed by atoms with van der Waals surface area (Å²) < 4.78 is 7.73. The molecule has 0 aliphatic carbocycles. The Labute approximate surface area is 204 Å². The zero-order valence-electron chi connectivity index (χ0n) is 20.1. The van der Waals surface area contributed by atoms with Gasteiger partial charge in [-0.1, -0.05) is 12.1 Å². The highest BCUT2D eigenvalue weighted by atomic mass is 16.5. The average molecular weight is 471 g/mol. The van der Waals surface area contributed by atoms with Gasteiger partial charge in [-0.05, 0) is 87.5 Å². The number of rotatable bonds is 7. The first kappa shape index (κ1) is 22.9. The third-order valence-corrected chi connectivity index (χ3v) is 6.04. The van der Waals surface area contributed by atoms with Crippen LogP contribution < -0.4 is 15.4 Å². The fourth-order valence-electron chi connectivity index (χ4n) is 4.21. The maximum atomic E-state index is 12.5. The fourth-order valence-corrected chi connectivity index (χ4v) is 4.21. The van der Waals surface area contributed by atoms with Crippen molar-refractivity contribution in [2.24, 2.45) is 0 Å². The maximum Gasteiger partial charge on any atom is 0.251 e. The van der Waals surface area contributed by atoms with Crippen LogP contribution in [0.3, 0.4) is 0 Å². The maximum absolute atomic E-state index is 12.5. The van der Waals surface area contributed by atoms with E-state index >= 15 is 0 Å². The largest absolute Gasteiger partial charge is 0.493 e. The molecule has 180 valence electrons. The highest BCUT2D eigenvalue weighted by molar-refractivity contribution is 5.95. The van der Waals surface area contributed by atoms with Crippen LogP contribution in [-0.2, 0) is 6.42 Å². The predicted octanol–water partition coefficient (Wildman–Crippen LogP) is 4.15. The first-order chi connectivity index (χ1) is 17.1. The summed E-state index contributed by atoms with van der Waals surface area (Å²) in [6.45, 7) is 2.16. The third kappa shape index (κ3) is 5.27. The number of benzene rings is 2. The number of ether oxygens (including phenoxy) is 1. The van der Waals surface area contributed by atoms with Crippen molar-refractivity contribution >= 4 is 23.2 Å². The van der Waals surface area contributed by atoms with E-state index in [9.17, 15) is 4.79 Å². The molecule has 2 aromatic heterocycles. The van der Waals surface area contributed by atoms with Crippen molar-refractivity contribution in [3.05, 3.63) is 71.8 Å². The van der Waals surface area contributed by atoms with Crippen molar-refractivity contribution in [1.29, 1.82) is 0 Å². The normalized spacial score (nSPS) is 13.2. The van der Waals surface area contributed by atoms with Gasteiger partial charge in [-0.15, -0.1) is 5.10 Å². The van der Waals surface area contributed by atoms with Gasteiger partial charge in [0, 0.05) is 29.9 Å². The summed E-state index contributed by atoms with van der Waals surface area (Å²) in [5.41, 5.74) is 5.36. The molecule has 1 amide bonds. The minimum absolute atomic E-state index is 0.104. The molecular formula is C27H30N6O2. The number of nitrogens with zero attached hydrogens (tertiary/aromatic N) is 4. The number of carbonyl (C=O) groups is 1. The Bertz CT molecular complexity index is 1350. The van der Waals surface area contributed by atoms with Crippen LogP contribution >= 0.6 is 0 Å². The third-order valence-electron chi connectivity index (χ3n) is 6.04. The van der Waals surface area contributed by atoms with E-state index in [1.807, 2.05) is 59.9 Å². The van der Waals surface area contributed by atoms with Crippen LogP contribution in [0.4, 0.5) is 11.6 Å². The molecule has 1 aliphatic heterocycles. The molecule has 8 nitrogen and oxygen atoms in total. The number of likely N-dealkylation sites (N-methyl/N-ethyl adjacent to an activating group) is 1. The van der Waals surface area contributed by atoms with Gasteiger partial charge in [-0.3, -0.25) is 4.79 Å². The molecule has 4 aromatic rings. The van der Waals surface area contributed by atoms with Crippen LogP contribution in [0, 0.1) is 0 Å². The number of pyridine rings is 1. The Morgan fingerprint density at radius 3 is 2.86 bits per heavy atom. The SMILES string of the molecule is CN(C)CCNC(=O)c1cccc(Nc2nc3cccc(-c4ccc5c(c4)CCCCO5)n3n2)c1. The number of aryl methyl sites for hydroxylation is 1. The Morgan fingerprint density at radius 2 is 1.97 bits per heavy atom. The number of carbonyl (C=O) groups excluding carboxylic acids is 1. The molecule has 0 unspecified atom stereocenters. The lowest BCUT2D eigenvalue weighted by atomic mass is 10.0. The Hall–Kier alpha value is -3.91. The highest BCUT2D eigenvalue weighted by Crippen LogP contribution is 2.30. The van der Waals surface area contributed by atoms with Gasteiger partial charge in [-0.25, -0.2) is 4.52 Å². The van der Waals surface area contributed by atoms with Gasteiger partial charge in [0.05, 0.1) is 12.3 Å². The molecule has 8 heteroatoms. The Kier molecular flexibility index (Phi) is 6.63. The molecule has 1 aliphatic rings. The second kappa shape index (κ2) is 10.1. The fraction of sp³-hybridized carbons (Fsp3) is 0.296. The minimum atomic E-state index is -0.104. The van der Waals surface area contributed by atoms with Crippen molar-refractivity contribution in [3.8, 4) is 17.0 Å². The number of aromatic nitrogens is 3. The van der Waals surface area contributed by atoms with Crippen molar-refractivity contribution in [2.45, 2.75) is 19.3 Å². The topological polar surface area (TPSA) is 83.8 Å². The van der Waals surface area contributed by atoms with Gasteiger partial charge < -0.3 is 20.3 Å². The average Bonchev–Trinajstić information content (AvgIpc) is 3.11. The summed E-state index contributed by atoms with van der Waals surface area (Å²) >= 11 is 0. The Balaban J connectivity index is 1.37. The summed E-state index contributed by atoms with van der Waals surface area (Å²) in [6.07, 6.45) is 3.23. The van der Waals surface area contributed by atoms with Gasteiger partial charge >= 0.3 is 0 Å². The molecule has 0 bridgehead atoms. The molecule has 2 aromatic carbocycles. The second-order valence-corrected chi connectivity index (χ2v) is 9.01. The predicted molar refractivity (Wildman–Crippen MR) is 137 cm³/mol. The quantitative estimate of drug-likeness (QED) is 0.422.